The van der Waals surface area contributed by atoms with Crippen molar-refractivity contribution in [3.8, 4) is 0 Å². The third-order valence-electron chi connectivity index (χ3n) is 2.55. The SMILES string of the molecule is CCN(CC(C)C(=O)O)C(=O)NCCCS(C)(=O)=O. The summed E-state index contributed by atoms with van der Waals surface area (Å²) in [6, 6.07) is -0.371. The zero-order valence-corrected chi connectivity index (χ0v) is 12.4. The summed E-state index contributed by atoms with van der Waals surface area (Å²) >= 11 is 0. The van der Waals surface area contributed by atoms with E-state index in [1.54, 1.807) is 6.92 Å². The van der Waals surface area contributed by atoms with Gasteiger partial charge in [0.15, 0.2) is 0 Å². The second-order valence-corrected chi connectivity index (χ2v) is 6.75. The summed E-state index contributed by atoms with van der Waals surface area (Å²) in [6.45, 7) is 4.07. The van der Waals surface area contributed by atoms with Gasteiger partial charge in [0.05, 0.1) is 11.7 Å². The van der Waals surface area contributed by atoms with Crippen LogP contribution >= 0.6 is 0 Å². The van der Waals surface area contributed by atoms with E-state index in [-0.39, 0.29) is 24.9 Å². The molecule has 0 aromatic rings. The van der Waals surface area contributed by atoms with Gasteiger partial charge in [-0.2, -0.15) is 0 Å². The van der Waals surface area contributed by atoms with Crippen LogP contribution in [0.1, 0.15) is 20.3 Å². The van der Waals surface area contributed by atoms with E-state index in [0.29, 0.717) is 13.0 Å². The molecule has 19 heavy (non-hydrogen) atoms. The van der Waals surface area contributed by atoms with Gasteiger partial charge in [0, 0.05) is 25.9 Å². The molecule has 0 aliphatic carbocycles. The van der Waals surface area contributed by atoms with Crippen molar-refractivity contribution in [1.82, 2.24) is 10.2 Å². The first-order valence-corrected chi connectivity index (χ1v) is 8.16. The number of amides is 2. The topological polar surface area (TPSA) is 104 Å². The summed E-state index contributed by atoms with van der Waals surface area (Å²) in [4.78, 5) is 23.8. The second-order valence-electron chi connectivity index (χ2n) is 4.49. The van der Waals surface area contributed by atoms with Crippen LogP contribution < -0.4 is 5.32 Å². The Morgan fingerprint density at radius 3 is 2.37 bits per heavy atom. The summed E-state index contributed by atoms with van der Waals surface area (Å²) in [5, 5.41) is 11.4. The zero-order chi connectivity index (χ0) is 15.1. The molecule has 0 rings (SSSR count). The molecule has 0 heterocycles. The van der Waals surface area contributed by atoms with Gasteiger partial charge >= 0.3 is 12.0 Å². The lowest BCUT2D eigenvalue weighted by Gasteiger charge is -2.23. The summed E-state index contributed by atoms with van der Waals surface area (Å²) < 4.78 is 21.8. The molecule has 1 atom stereocenters. The maximum atomic E-state index is 11.7. The highest BCUT2D eigenvalue weighted by Crippen LogP contribution is 2.00. The lowest BCUT2D eigenvalue weighted by molar-refractivity contribution is -0.141. The van der Waals surface area contributed by atoms with Gasteiger partial charge in [0.25, 0.3) is 0 Å². The van der Waals surface area contributed by atoms with E-state index in [9.17, 15) is 18.0 Å². The highest BCUT2D eigenvalue weighted by Gasteiger charge is 2.18. The molecule has 0 aromatic carbocycles. The van der Waals surface area contributed by atoms with Crippen molar-refractivity contribution in [1.29, 1.82) is 0 Å². The van der Waals surface area contributed by atoms with Crippen LogP contribution in [-0.2, 0) is 14.6 Å². The molecule has 2 N–H and O–H groups in total. The predicted octanol–water partition coefficient (Wildman–Crippen LogP) is 0.173. The molecule has 0 saturated heterocycles. The Morgan fingerprint density at radius 1 is 1.37 bits per heavy atom. The van der Waals surface area contributed by atoms with Crippen molar-refractivity contribution in [3.05, 3.63) is 0 Å². The van der Waals surface area contributed by atoms with Crippen LogP contribution in [0.25, 0.3) is 0 Å². The van der Waals surface area contributed by atoms with Crippen LogP contribution in [0.15, 0.2) is 0 Å². The van der Waals surface area contributed by atoms with E-state index in [1.165, 1.54) is 11.8 Å². The van der Waals surface area contributed by atoms with E-state index in [0.717, 1.165) is 6.26 Å². The van der Waals surface area contributed by atoms with Gasteiger partial charge in [-0.3, -0.25) is 4.79 Å². The second kappa shape index (κ2) is 7.98. The molecule has 0 fully saturated rings. The summed E-state index contributed by atoms with van der Waals surface area (Å²) in [5.41, 5.74) is 0. The van der Waals surface area contributed by atoms with Crippen LogP contribution in [0.4, 0.5) is 4.79 Å². The van der Waals surface area contributed by atoms with E-state index < -0.39 is 21.7 Å². The quantitative estimate of drug-likeness (QED) is 0.621. The average molecular weight is 294 g/mol. The number of nitrogens with one attached hydrogen (secondary N) is 1. The molecule has 0 aliphatic rings. The van der Waals surface area contributed by atoms with E-state index in [4.69, 9.17) is 5.11 Å². The van der Waals surface area contributed by atoms with E-state index >= 15 is 0 Å². The highest BCUT2D eigenvalue weighted by atomic mass is 32.2. The minimum Gasteiger partial charge on any atom is -0.481 e. The Morgan fingerprint density at radius 2 is 1.95 bits per heavy atom. The minimum absolute atomic E-state index is 0.0188. The third kappa shape index (κ3) is 8.41. The van der Waals surface area contributed by atoms with Crippen molar-refractivity contribution in [2.75, 3.05) is 31.6 Å². The fraction of sp³-hybridized carbons (Fsp3) is 0.818. The average Bonchev–Trinajstić information content (AvgIpc) is 2.29. The number of aliphatic carboxylic acids is 1. The van der Waals surface area contributed by atoms with Crippen molar-refractivity contribution in [2.45, 2.75) is 20.3 Å². The summed E-state index contributed by atoms with van der Waals surface area (Å²) in [6.07, 6.45) is 1.48. The smallest absolute Gasteiger partial charge is 0.317 e. The Balaban J connectivity index is 4.12. The van der Waals surface area contributed by atoms with Crippen LogP contribution in [0.5, 0.6) is 0 Å². The highest BCUT2D eigenvalue weighted by molar-refractivity contribution is 7.90. The number of carboxylic acids is 1. The Bertz CT molecular complexity index is 407. The first kappa shape index (κ1) is 17.7. The number of carboxylic acid groups (broad SMARTS) is 1. The zero-order valence-electron chi connectivity index (χ0n) is 11.5. The largest absolute Gasteiger partial charge is 0.481 e. The molecule has 0 bridgehead atoms. The van der Waals surface area contributed by atoms with Crippen LogP contribution in [0.2, 0.25) is 0 Å². The van der Waals surface area contributed by atoms with Gasteiger partial charge in [0.2, 0.25) is 0 Å². The maximum absolute atomic E-state index is 11.7. The van der Waals surface area contributed by atoms with Crippen LogP contribution in [0, 0.1) is 5.92 Å². The molecule has 1 unspecified atom stereocenters. The van der Waals surface area contributed by atoms with Crippen LogP contribution in [0.3, 0.4) is 0 Å². The van der Waals surface area contributed by atoms with E-state index in [1.807, 2.05) is 0 Å². The Labute approximate surface area is 113 Å². The van der Waals surface area contributed by atoms with Gasteiger partial charge in [0.1, 0.15) is 9.84 Å². The molecular formula is C11H22N2O5S. The monoisotopic (exact) mass is 294 g/mol. The molecule has 0 aliphatic heterocycles. The molecule has 2 amide bonds. The molecule has 7 nitrogen and oxygen atoms in total. The number of urea groups is 1. The van der Waals surface area contributed by atoms with Gasteiger partial charge < -0.3 is 15.3 Å². The predicted molar refractivity (Wildman–Crippen MR) is 71.8 cm³/mol. The fourth-order valence-electron chi connectivity index (χ4n) is 1.41. The molecule has 0 aromatic heterocycles. The number of carbonyl (C=O) groups is 2. The fourth-order valence-corrected chi connectivity index (χ4v) is 2.07. The minimum atomic E-state index is -3.02. The molecule has 0 spiro atoms. The van der Waals surface area contributed by atoms with Crippen molar-refractivity contribution < 1.29 is 23.1 Å². The van der Waals surface area contributed by atoms with Gasteiger partial charge in [-0.05, 0) is 13.3 Å². The van der Waals surface area contributed by atoms with E-state index in [2.05, 4.69) is 5.32 Å². The summed E-state index contributed by atoms with van der Waals surface area (Å²) in [5.74, 6) is -1.57. The number of hydrogen-bond donors (Lipinski definition) is 2. The lowest BCUT2D eigenvalue weighted by atomic mass is 10.2. The Hall–Kier alpha value is -1.31. The van der Waals surface area contributed by atoms with Crippen LogP contribution in [-0.4, -0.2) is 62.1 Å². The number of carbonyl (C=O) groups excluding carboxylic acids is 1. The maximum Gasteiger partial charge on any atom is 0.317 e. The molecule has 0 radical (unpaired) electrons. The Kier molecular flexibility index (Phi) is 7.43. The van der Waals surface area contributed by atoms with Crippen molar-refractivity contribution in [3.63, 3.8) is 0 Å². The molecular weight excluding hydrogens is 272 g/mol. The van der Waals surface area contributed by atoms with Gasteiger partial charge in [-0.25, -0.2) is 13.2 Å². The first-order valence-electron chi connectivity index (χ1n) is 6.10. The first-order chi connectivity index (χ1) is 8.67. The standard InChI is InChI=1S/C11H22N2O5S/c1-4-13(8-9(2)10(14)15)11(16)12-6-5-7-19(3,17)18/h9H,4-8H2,1-3H3,(H,12,16)(H,14,15). The lowest BCUT2D eigenvalue weighted by Crippen LogP contribution is -2.43. The molecule has 0 saturated carbocycles. The number of rotatable bonds is 8. The van der Waals surface area contributed by atoms with Gasteiger partial charge in [-0.1, -0.05) is 6.92 Å². The van der Waals surface area contributed by atoms with Crippen molar-refractivity contribution >= 4 is 21.8 Å². The van der Waals surface area contributed by atoms with Crippen molar-refractivity contribution in [2.24, 2.45) is 5.92 Å². The van der Waals surface area contributed by atoms with Gasteiger partial charge in [-0.15, -0.1) is 0 Å². The number of hydrogen-bond acceptors (Lipinski definition) is 4. The molecule has 112 valence electrons. The number of nitrogens with zero attached hydrogens (tertiary/aromatic N) is 1. The molecule has 8 heteroatoms. The summed E-state index contributed by atoms with van der Waals surface area (Å²) in [7, 11) is -3.02. The number of sulfone groups is 1. The normalized spacial score (nSPS) is 12.8. The third-order valence-corrected chi connectivity index (χ3v) is 3.58.